The number of ether oxygens (including phenoxy) is 4. The molecule has 0 aliphatic heterocycles. The quantitative estimate of drug-likeness (QED) is 0.449. The summed E-state index contributed by atoms with van der Waals surface area (Å²) in [7, 11) is 3.09. The molecule has 0 saturated carbocycles. The van der Waals surface area contributed by atoms with Crippen LogP contribution in [0.3, 0.4) is 0 Å². The summed E-state index contributed by atoms with van der Waals surface area (Å²) in [5.74, 6) is 1.13. The van der Waals surface area contributed by atoms with Crippen LogP contribution in [0.1, 0.15) is 27.7 Å². The highest BCUT2D eigenvalue weighted by atomic mass is 79.9. The fraction of sp³-hybridized carbons (Fsp3) is 0.409. The number of benzene rings is 2. The summed E-state index contributed by atoms with van der Waals surface area (Å²) in [5.41, 5.74) is -1.90. The Kier molecular flexibility index (Phi) is 10.1. The third-order valence-electron chi connectivity index (χ3n) is 3.90. The van der Waals surface area contributed by atoms with Crippen LogP contribution in [0.2, 0.25) is 0 Å². The van der Waals surface area contributed by atoms with Crippen molar-refractivity contribution in [1.82, 2.24) is 0 Å². The number of carboxylic acids is 1. The monoisotopic (exact) mass is 562 g/mol. The van der Waals surface area contributed by atoms with Gasteiger partial charge in [-0.2, -0.15) is 0 Å². The van der Waals surface area contributed by atoms with Crippen LogP contribution in [-0.2, 0) is 4.79 Å². The molecule has 31 heavy (non-hydrogen) atoms. The van der Waals surface area contributed by atoms with Crippen LogP contribution in [0.5, 0.6) is 23.0 Å². The lowest BCUT2D eigenvalue weighted by Gasteiger charge is -2.25. The van der Waals surface area contributed by atoms with Gasteiger partial charge in [0.05, 0.1) is 20.8 Å². The lowest BCUT2D eigenvalue weighted by molar-refractivity contribution is -0.152. The fourth-order valence-corrected chi connectivity index (χ4v) is 2.78. The first kappa shape index (κ1) is 27.1. The van der Waals surface area contributed by atoms with E-state index in [-0.39, 0.29) is 6.61 Å². The number of carboxylic acid groups (broad SMARTS) is 1. The lowest BCUT2D eigenvalue weighted by Crippen LogP contribution is -2.37. The molecule has 2 rings (SSSR count). The molecule has 7 nitrogen and oxygen atoms in total. The molecule has 2 aromatic rings. The fourth-order valence-electron chi connectivity index (χ4n) is 2.10. The Bertz CT molecular complexity index is 882. The number of methoxy groups -OCH3 is 2. The molecule has 0 saturated heterocycles. The highest BCUT2D eigenvalue weighted by molar-refractivity contribution is 9.10. The second-order valence-electron chi connectivity index (χ2n) is 7.53. The van der Waals surface area contributed by atoms with Crippen LogP contribution in [0.25, 0.3) is 0 Å². The van der Waals surface area contributed by atoms with E-state index in [4.69, 9.17) is 29.2 Å². The molecule has 0 aliphatic rings. The van der Waals surface area contributed by atoms with Crippen molar-refractivity contribution in [3.05, 3.63) is 45.3 Å². The molecule has 0 radical (unpaired) electrons. The van der Waals surface area contributed by atoms with Crippen LogP contribution in [0.15, 0.2) is 45.3 Å². The highest BCUT2D eigenvalue weighted by Gasteiger charge is 2.30. The number of hydrogen-bond donors (Lipinski definition) is 2. The summed E-state index contributed by atoms with van der Waals surface area (Å²) < 4.78 is 23.1. The van der Waals surface area contributed by atoms with E-state index in [0.717, 1.165) is 8.95 Å². The molecule has 0 amide bonds. The van der Waals surface area contributed by atoms with E-state index in [1.807, 2.05) is 26.0 Å². The zero-order valence-corrected chi connectivity index (χ0v) is 21.5. The molecule has 0 bridgehead atoms. The third-order valence-corrected chi connectivity index (χ3v) is 4.89. The van der Waals surface area contributed by atoms with Gasteiger partial charge >= 0.3 is 5.97 Å². The van der Waals surface area contributed by atoms with Gasteiger partial charge in [-0.15, -0.1) is 0 Å². The van der Waals surface area contributed by atoms with Gasteiger partial charge in [0, 0.05) is 8.95 Å². The van der Waals surface area contributed by atoms with Crippen LogP contribution in [0, 0.1) is 0 Å². The Balaban J connectivity index is 0.000000311. The van der Waals surface area contributed by atoms with Gasteiger partial charge < -0.3 is 29.2 Å². The molecule has 172 valence electrons. The number of aliphatic carboxylic acids is 1. The molecular weight excluding hydrogens is 536 g/mol. The van der Waals surface area contributed by atoms with Crippen molar-refractivity contribution in [1.29, 1.82) is 0 Å². The Morgan fingerprint density at radius 3 is 1.61 bits per heavy atom. The minimum atomic E-state index is -1.29. The van der Waals surface area contributed by atoms with Gasteiger partial charge in [-0.3, -0.25) is 0 Å². The minimum Gasteiger partial charge on any atom is -0.493 e. The van der Waals surface area contributed by atoms with Gasteiger partial charge in [0.1, 0.15) is 5.60 Å². The molecule has 2 N–H and O–H groups in total. The van der Waals surface area contributed by atoms with Crippen molar-refractivity contribution < 1.29 is 34.0 Å². The van der Waals surface area contributed by atoms with Crippen LogP contribution >= 0.6 is 31.9 Å². The average molecular weight is 564 g/mol. The van der Waals surface area contributed by atoms with Gasteiger partial charge in [-0.25, -0.2) is 4.79 Å². The molecule has 0 unspecified atom stereocenters. The summed E-state index contributed by atoms with van der Waals surface area (Å²) >= 11 is 6.64. The SMILES string of the molecule is COc1cc(Br)ccc1OC(C)(C)C(=O)O.COc1cc(Br)ccc1OC(C)(C)CO. The van der Waals surface area contributed by atoms with Crippen LogP contribution in [-0.4, -0.2) is 48.2 Å². The second-order valence-corrected chi connectivity index (χ2v) is 9.36. The van der Waals surface area contributed by atoms with Gasteiger partial charge in [0.2, 0.25) is 0 Å². The number of rotatable bonds is 8. The molecule has 0 spiro atoms. The Labute approximate surface area is 199 Å². The predicted molar refractivity (Wildman–Crippen MR) is 126 cm³/mol. The number of halogens is 2. The molecule has 0 fully saturated rings. The molecule has 0 aliphatic carbocycles. The third kappa shape index (κ3) is 8.59. The maximum absolute atomic E-state index is 10.9. The normalized spacial score (nSPS) is 11.1. The first-order valence-corrected chi connectivity index (χ1v) is 10.8. The molecule has 0 heterocycles. The van der Waals surface area contributed by atoms with E-state index in [9.17, 15) is 4.79 Å². The number of hydrogen-bond acceptors (Lipinski definition) is 6. The first-order valence-electron chi connectivity index (χ1n) is 9.24. The summed E-state index contributed by atoms with van der Waals surface area (Å²) in [6, 6.07) is 10.6. The standard InChI is InChI=1S/C11H13BrO4.C11H15BrO3/c1-11(2,10(13)14)16-8-5-4-7(12)6-9(8)15-3;1-11(2,7-13)15-9-5-4-8(12)6-10(9)14-3/h4-6H,1-3H3,(H,13,14);4-6,13H,7H2,1-3H3. The lowest BCUT2D eigenvalue weighted by atomic mass is 10.1. The highest BCUT2D eigenvalue weighted by Crippen LogP contribution is 2.33. The van der Waals surface area contributed by atoms with Gasteiger partial charge in [-0.1, -0.05) is 31.9 Å². The zero-order chi connectivity index (χ0) is 23.8. The zero-order valence-electron chi connectivity index (χ0n) is 18.4. The van der Waals surface area contributed by atoms with Crippen molar-refractivity contribution in [3.8, 4) is 23.0 Å². The summed E-state index contributed by atoms with van der Waals surface area (Å²) in [6.07, 6.45) is 0. The van der Waals surface area contributed by atoms with E-state index >= 15 is 0 Å². The smallest absolute Gasteiger partial charge is 0.347 e. The van der Waals surface area contributed by atoms with Crippen molar-refractivity contribution >= 4 is 37.8 Å². The molecule has 0 aromatic heterocycles. The minimum absolute atomic E-state index is 0.0494. The van der Waals surface area contributed by atoms with Gasteiger partial charge in [-0.05, 0) is 64.1 Å². The largest absolute Gasteiger partial charge is 0.493 e. The van der Waals surface area contributed by atoms with Gasteiger partial charge in [0.15, 0.2) is 28.6 Å². The Morgan fingerprint density at radius 2 is 1.26 bits per heavy atom. The van der Waals surface area contributed by atoms with E-state index < -0.39 is 17.2 Å². The van der Waals surface area contributed by atoms with Crippen molar-refractivity contribution in [2.45, 2.75) is 38.9 Å². The number of carbonyl (C=O) groups is 1. The van der Waals surface area contributed by atoms with E-state index in [2.05, 4.69) is 31.9 Å². The molecular formula is C22H28Br2O7. The average Bonchev–Trinajstić information content (AvgIpc) is 2.70. The summed E-state index contributed by atoms with van der Waals surface area (Å²) in [4.78, 5) is 10.9. The predicted octanol–water partition coefficient (Wildman–Crippen LogP) is 5.31. The number of aliphatic hydroxyl groups excluding tert-OH is 1. The van der Waals surface area contributed by atoms with Crippen LogP contribution in [0.4, 0.5) is 0 Å². The van der Waals surface area contributed by atoms with Gasteiger partial charge in [0.25, 0.3) is 0 Å². The van der Waals surface area contributed by atoms with Crippen molar-refractivity contribution in [3.63, 3.8) is 0 Å². The van der Waals surface area contributed by atoms with E-state index in [0.29, 0.717) is 23.0 Å². The molecule has 0 atom stereocenters. The molecule has 9 heteroatoms. The maximum Gasteiger partial charge on any atom is 0.347 e. The Morgan fingerprint density at radius 1 is 0.839 bits per heavy atom. The Hall–Kier alpha value is -1.97. The number of aliphatic hydroxyl groups is 1. The second kappa shape index (κ2) is 11.6. The van der Waals surface area contributed by atoms with Crippen molar-refractivity contribution in [2.75, 3.05) is 20.8 Å². The first-order chi connectivity index (χ1) is 14.3. The topological polar surface area (TPSA) is 94.5 Å². The molecule has 2 aromatic carbocycles. The summed E-state index contributed by atoms with van der Waals surface area (Å²) in [6.45, 7) is 6.54. The van der Waals surface area contributed by atoms with Crippen LogP contribution < -0.4 is 18.9 Å². The maximum atomic E-state index is 10.9. The summed E-state index contributed by atoms with van der Waals surface area (Å²) in [5, 5.41) is 18.0. The van der Waals surface area contributed by atoms with Crippen molar-refractivity contribution in [2.24, 2.45) is 0 Å². The van der Waals surface area contributed by atoms with E-state index in [1.165, 1.54) is 21.0 Å². The van der Waals surface area contributed by atoms with E-state index in [1.54, 1.807) is 31.4 Å².